The fourth-order valence-corrected chi connectivity index (χ4v) is 4.02. The van der Waals surface area contributed by atoms with Gasteiger partial charge < -0.3 is 14.5 Å². The molecule has 0 fully saturated rings. The zero-order valence-corrected chi connectivity index (χ0v) is 19.4. The number of aromatic nitrogens is 4. The summed E-state index contributed by atoms with van der Waals surface area (Å²) in [6, 6.07) is 7.06. The van der Waals surface area contributed by atoms with E-state index < -0.39 is 5.97 Å². The SMILES string of the molecule is COC(=O)Cc1[nH]n(-c2ccc(OC)cc2)c(=O)c1C(C)=NCCSCc1nc[nH]c1C. The average molecular weight is 458 g/mol. The molecular weight excluding hydrogens is 430 g/mol. The number of hydrogen-bond acceptors (Lipinski definition) is 7. The molecule has 0 amide bonds. The minimum atomic E-state index is -0.438. The van der Waals surface area contributed by atoms with E-state index in [9.17, 15) is 9.59 Å². The number of hydrogen-bond donors (Lipinski definition) is 2. The van der Waals surface area contributed by atoms with Crippen molar-refractivity contribution in [3.05, 3.63) is 63.6 Å². The summed E-state index contributed by atoms with van der Waals surface area (Å²) >= 11 is 1.72. The van der Waals surface area contributed by atoms with Crippen LogP contribution in [0.3, 0.4) is 0 Å². The Morgan fingerprint density at radius 2 is 2.00 bits per heavy atom. The molecule has 0 atom stereocenters. The van der Waals surface area contributed by atoms with E-state index in [0.29, 0.717) is 35.0 Å². The molecule has 0 saturated heterocycles. The van der Waals surface area contributed by atoms with Gasteiger partial charge in [0.05, 0.1) is 49.6 Å². The van der Waals surface area contributed by atoms with E-state index in [0.717, 1.165) is 22.9 Å². The van der Waals surface area contributed by atoms with Crippen molar-refractivity contribution in [3.63, 3.8) is 0 Å². The Labute approximate surface area is 190 Å². The number of rotatable bonds is 10. The Morgan fingerprint density at radius 3 is 2.62 bits per heavy atom. The van der Waals surface area contributed by atoms with E-state index >= 15 is 0 Å². The van der Waals surface area contributed by atoms with E-state index in [4.69, 9.17) is 9.47 Å². The number of benzene rings is 1. The second kappa shape index (κ2) is 10.9. The number of H-pyrrole nitrogens is 2. The molecule has 0 aliphatic carbocycles. The average Bonchev–Trinajstić information content (AvgIpc) is 3.35. The van der Waals surface area contributed by atoms with Crippen molar-refractivity contribution in [2.24, 2.45) is 4.99 Å². The van der Waals surface area contributed by atoms with Crippen LogP contribution in [0, 0.1) is 6.92 Å². The molecule has 170 valence electrons. The molecule has 0 aliphatic heterocycles. The van der Waals surface area contributed by atoms with E-state index in [-0.39, 0.29) is 12.0 Å². The monoisotopic (exact) mass is 457 g/mol. The Morgan fingerprint density at radius 1 is 1.25 bits per heavy atom. The van der Waals surface area contributed by atoms with Crippen molar-refractivity contribution >= 4 is 23.4 Å². The van der Waals surface area contributed by atoms with Crippen molar-refractivity contribution in [2.75, 3.05) is 26.5 Å². The lowest BCUT2D eigenvalue weighted by atomic mass is 10.1. The summed E-state index contributed by atoms with van der Waals surface area (Å²) in [6.45, 7) is 4.32. The van der Waals surface area contributed by atoms with Gasteiger partial charge in [0.25, 0.3) is 5.56 Å². The minimum absolute atomic E-state index is 0.0513. The van der Waals surface area contributed by atoms with Crippen LogP contribution in [0.25, 0.3) is 5.69 Å². The van der Waals surface area contributed by atoms with Crippen molar-refractivity contribution in [1.29, 1.82) is 0 Å². The van der Waals surface area contributed by atoms with Gasteiger partial charge in [-0.05, 0) is 38.1 Å². The second-order valence-electron chi connectivity index (χ2n) is 7.05. The first-order valence-corrected chi connectivity index (χ1v) is 11.2. The van der Waals surface area contributed by atoms with E-state index in [1.54, 1.807) is 56.4 Å². The maximum absolute atomic E-state index is 13.2. The van der Waals surface area contributed by atoms with Gasteiger partial charge in [0, 0.05) is 29.5 Å². The quantitative estimate of drug-likeness (QED) is 0.275. The third-order valence-corrected chi connectivity index (χ3v) is 5.91. The summed E-state index contributed by atoms with van der Waals surface area (Å²) in [4.78, 5) is 37.0. The van der Waals surface area contributed by atoms with Crippen molar-refractivity contribution in [1.82, 2.24) is 19.7 Å². The number of methoxy groups -OCH3 is 2. The van der Waals surface area contributed by atoms with Gasteiger partial charge in [-0.25, -0.2) is 9.67 Å². The number of esters is 1. The fourth-order valence-electron chi connectivity index (χ4n) is 3.17. The summed E-state index contributed by atoms with van der Waals surface area (Å²) in [5.74, 6) is 1.83. The summed E-state index contributed by atoms with van der Waals surface area (Å²) in [7, 11) is 2.90. The highest BCUT2D eigenvalue weighted by molar-refractivity contribution is 7.98. The molecule has 9 nitrogen and oxygen atoms in total. The first-order chi connectivity index (χ1) is 15.4. The summed E-state index contributed by atoms with van der Waals surface area (Å²) < 4.78 is 11.4. The van der Waals surface area contributed by atoms with Crippen LogP contribution in [0.1, 0.15) is 29.6 Å². The smallest absolute Gasteiger partial charge is 0.311 e. The largest absolute Gasteiger partial charge is 0.497 e. The lowest BCUT2D eigenvalue weighted by Gasteiger charge is -2.03. The lowest BCUT2D eigenvalue weighted by molar-refractivity contribution is -0.139. The normalized spacial score (nSPS) is 11.6. The molecule has 3 aromatic rings. The highest BCUT2D eigenvalue weighted by Gasteiger charge is 2.20. The number of imidazole rings is 1. The van der Waals surface area contributed by atoms with Gasteiger partial charge in [0.1, 0.15) is 5.75 Å². The van der Waals surface area contributed by atoms with Gasteiger partial charge in [-0.2, -0.15) is 11.8 Å². The fraction of sp³-hybridized carbons (Fsp3) is 0.364. The van der Waals surface area contributed by atoms with Crippen LogP contribution < -0.4 is 10.3 Å². The Kier molecular flexibility index (Phi) is 7.93. The lowest BCUT2D eigenvalue weighted by Crippen LogP contribution is -2.20. The van der Waals surface area contributed by atoms with Gasteiger partial charge in [-0.1, -0.05) is 0 Å². The molecular formula is C22H27N5O4S. The van der Waals surface area contributed by atoms with Gasteiger partial charge in [-0.15, -0.1) is 0 Å². The highest BCUT2D eigenvalue weighted by atomic mass is 32.2. The number of nitrogens with zero attached hydrogens (tertiary/aromatic N) is 3. The van der Waals surface area contributed by atoms with Gasteiger partial charge in [-0.3, -0.25) is 19.7 Å². The molecule has 2 N–H and O–H groups in total. The van der Waals surface area contributed by atoms with Crippen LogP contribution in [-0.2, 0) is 21.7 Å². The van der Waals surface area contributed by atoms with Gasteiger partial charge in [0.15, 0.2) is 0 Å². The zero-order valence-electron chi connectivity index (χ0n) is 18.6. The van der Waals surface area contributed by atoms with Crippen molar-refractivity contribution in [3.8, 4) is 11.4 Å². The molecule has 2 heterocycles. The van der Waals surface area contributed by atoms with E-state index in [1.807, 2.05) is 6.92 Å². The molecule has 10 heteroatoms. The molecule has 1 aromatic carbocycles. The van der Waals surface area contributed by atoms with Gasteiger partial charge in [0.2, 0.25) is 0 Å². The molecule has 3 rings (SSSR count). The predicted molar refractivity (Wildman–Crippen MR) is 125 cm³/mol. The van der Waals surface area contributed by atoms with E-state index in [1.165, 1.54) is 11.8 Å². The van der Waals surface area contributed by atoms with Gasteiger partial charge >= 0.3 is 5.97 Å². The highest BCUT2D eigenvalue weighted by Crippen LogP contribution is 2.16. The first kappa shape index (κ1) is 23.4. The third kappa shape index (κ3) is 5.50. The number of carbonyl (C=O) groups is 1. The number of aliphatic imine (C=N–C) groups is 1. The van der Waals surface area contributed by atoms with Crippen molar-refractivity contribution in [2.45, 2.75) is 26.0 Å². The van der Waals surface area contributed by atoms with Crippen LogP contribution in [0.4, 0.5) is 0 Å². The zero-order chi connectivity index (χ0) is 23.1. The number of ether oxygens (including phenoxy) is 2. The molecule has 0 unspecified atom stereocenters. The molecule has 0 bridgehead atoms. The van der Waals surface area contributed by atoms with Crippen LogP contribution in [0.15, 0.2) is 40.4 Å². The Balaban J connectivity index is 1.79. The topological polar surface area (TPSA) is 114 Å². The van der Waals surface area contributed by atoms with Crippen LogP contribution in [-0.4, -0.2) is 57.9 Å². The molecule has 32 heavy (non-hydrogen) atoms. The summed E-state index contributed by atoms with van der Waals surface area (Å²) in [5.41, 5.74) is 3.90. The standard InChI is InChI=1S/C22H27N5O4S/c1-14-19(25-13-24-14)12-32-10-9-23-15(2)21-18(11-20(28)31-4)26-27(22(21)29)16-5-7-17(30-3)8-6-16/h5-8,13,26H,9-12H2,1-4H3,(H,24,25). The number of carbonyl (C=O) groups excluding carboxylic acids is 1. The third-order valence-electron chi connectivity index (χ3n) is 4.96. The summed E-state index contributed by atoms with van der Waals surface area (Å²) in [6.07, 6.45) is 1.64. The van der Waals surface area contributed by atoms with Crippen LogP contribution >= 0.6 is 11.8 Å². The van der Waals surface area contributed by atoms with Crippen LogP contribution in [0.2, 0.25) is 0 Å². The number of aryl methyl sites for hydroxylation is 1. The maximum Gasteiger partial charge on any atom is 0.311 e. The van der Waals surface area contributed by atoms with Crippen LogP contribution in [0.5, 0.6) is 5.75 Å². The van der Waals surface area contributed by atoms with Crippen molar-refractivity contribution < 1.29 is 14.3 Å². The Hall–Kier alpha value is -3.27. The minimum Gasteiger partial charge on any atom is -0.497 e. The summed E-state index contributed by atoms with van der Waals surface area (Å²) in [5, 5.41) is 3.04. The predicted octanol–water partition coefficient (Wildman–Crippen LogP) is 2.66. The molecule has 2 aromatic heterocycles. The Bertz CT molecular complexity index is 1140. The molecule has 0 aliphatic rings. The number of nitrogens with one attached hydrogen (secondary N) is 2. The number of aromatic amines is 2. The van der Waals surface area contributed by atoms with E-state index in [2.05, 4.69) is 20.1 Å². The molecule has 0 radical (unpaired) electrons. The first-order valence-electron chi connectivity index (χ1n) is 10.1. The second-order valence-corrected chi connectivity index (χ2v) is 8.16. The maximum atomic E-state index is 13.2. The molecule has 0 saturated carbocycles. The number of thioether (sulfide) groups is 1. The molecule has 0 spiro atoms.